The standard InChI is InChI=1S/C28H34N2O4/c1-4-5-13-29-21-14-19(18-9-7-6-8-10-18)15-23(32)26(21)22(31)12-11-20-27-24(33)16-28(2,3)17-25(27)34-30-20/h6-10,19,31H,4-5,11-17H2,1-3H3/b26-22+,29-21?. The second-order valence-corrected chi connectivity index (χ2v) is 10.3. The molecule has 0 bridgehead atoms. The minimum Gasteiger partial charge on any atom is -0.511 e. The molecule has 6 nitrogen and oxygen atoms in total. The number of benzene rings is 1. The summed E-state index contributed by atoms with van der Waals surface area (Å²) >= 11 is 0. The van der Waals surface area contributed by atoms with E-state index in [1.807, 2.05) is 44.2 Å². The number of aromatic nitrogens is 1. The largest absolute Gasteiger partial charge is 0.511 e. The van der Waals surface area contributed by atoms with Gasteiger partial charge >= 0.3 is 0 Å². The third kappa shape index (κ3) is 5.21. The van der Waals surface area contributed by atoms with Crippen LogP contribution < -0.4 is 0 Å². The smallest absolute Gasteiger partial charge is 0.168 e. The van der Waals surface area contributed by atoms with E-state index in [2.05, 4.69) is 12.1 Å². The Bertz CT molecular complexity index is 1120. The lowest BCUT2D eigenvalue weighted by molar-refractivity contribution is -0.116. The van der Waals surface area contributed by atoms with Gasteiger partial charge in [0.2, 0.25) is 0 Å². The first-order valence-electron chi connectivity index (χ1n) is 12.3. The number of ketones is 2. The summed E-state index contributed by atoms with van der Waals surface area (Å²) in [6.45, 7) is 6.83. The molecule has 1 atom stereocenters. The first-order valence-corrected chi connectivity index (χ1v) is 12.3. The van der Waals surface area contributed by atoms with Crippen molar-refractivity contribution in [1.29, 1.82) is 0 Å². The van der Waals surface area contributed by atoms with Crippen molar-refractivity contribution in [1.82, 2.24) is 5.16 Å². The SMILES string of the molecule is CCCCN=C1CC(c2ccccc2)CC(=O)/C1=C(/O)CCc1noc2c1C(=O)CC(C)(C)C2. The Morgan fingerprint density at radius 1 is 1.15 bits per heavy atom. The van der Waals surface area contributed by atoms with Gasteiger partial charge in [-0.3, -0.25) is 14.6 Å². The highest BCUT2D eigenvalue weighted by Crippen LogP contribution is 2.37. The van der Waals surface area contributed by atoms with Crippen LogP contribution in [0.4, 0.5) is 0 Å². The van der Waals surface area contributed by atoms with Gasteiger partial charge in [0.15, 0.2) is 11.6 Å². The highest BCUT2D eigenvalue weighted by molar-refractivity contribution is 6.24. The molecular weight excluding hydrogens is 428 g/mol. The van der Waals surface area contributed by atoms with Gasteiger partial charge in [0.05, 0.1) is 16.8 Å². The lowest BCUT2D eigenvalue weighted by atomic mass is 9.76. The van der Waals surface area contributed by atoms with Crippen LogP contribution in [0.3, 0.4) is 0 Å². The van der Waals surface area contributed by atoms with Crippen molar-refractivity contribution in [3.05, 3.63) is 64.2 Å². The molecule has 1 aromatic carbocycles. The van der Waals surface area contributed by atoms with Crippen molar-refractivity contribution < 1.29 is 19.2 Å². The van der Waals surface area contributed by atoms with E-state index in [9.17, 15) is 14.7 Å². The fourth-order valence-corrected chi connectivity index (χ4v) is 5.05. The monoisotopic (exact) mass is 462 g/mol. The van der Waals surface area contributed by atoms with Gasteiger partial charge in [-0.2, -0.15) is 0 Å². The van der Waals surface area contributed by atoms with Crippen LogP contribution in [0.5, 0.6) is 0 Å². The van der Waals surface area contributed by atoms with Crippen LogP contribution in [-0.2, 0) is 17.6 Å². The maximum atomic E-state index is 13.2. The van der Waals surface area contributed by atoms with Gasteiger partial charge < -0.3 is 9.63 Å². The number of aryl methyl sites for hydroxylation is 1. The van der Waals surface area contributed by atoms with Crippen molar-refractivity contribution in [3.8, 4) is 0 Å². The van der Waals surface area contributed by atoms with Crippen LogP contribution in [0.2, 0.25) is 0 Å². The molecule has 0 spiro atoms. The Labute approximate surface area is 201 Å². The number of fused-ring (bicyclic) bond motifs is 1. The molecule has 1 heterocycles. The molecule has 180 valence electrons. The lowest BCUT2D eigenvalue weighted by Crippen LogP contribution is -2.27. The summed E-state index contributed by atoms with van der Waals surface area (Å²) in [5.74, 6) is 0.690. The number of aliphatic imine (C=N–C) groups is 1. The minimum absolute atomic E-state index is 0.0344. The second-order valence-electron chi connectivity index (χ2n) is 10.3. The van der Waals surface area contributed by atoms with Crippen LogP contribution >= 0.6 is 0 Å². The van der Waals surface area contributed by atoms with Gasteiger partial charge in [0.25, 0.3) is 0 Å². The summed E-state index contributed by atoms with van der Waals surface area (Å²) in [6, 6.07) is 10.0. The number of hydrogen-bond acceptors (Lipinski definition) is 6. The number of aliphatic hydroxyl groups is 1. The number of unbranched alkanes of at least 4 members (excludes halogenated alkanes) is 1. The average Bonchev–Trinajstić information content (AvgIpc) is 3.20. The van der Waals surface area contributed by atoms with E-state index >= 15 is 0 Å². The van der Waals surface area contributed by atoms with E-state index in [-0.39, 0.29) is 35.1 Å². The quantitative estimate of drug-likeness (QED) is 0.311. The van der Waals surface area contributed by atoms with Crippen LogP contribution in [0.25, 0.3) is 0 Å². The van der Waals surface area contributed by atoms with Crippen molar-refractivity contribution in [2.24, 2.45) is 10.4 Å². The van der Waals surface area contributed by atoms with Crippen molar-refractivity contribution >= 4 is 17.3 Å². The highest BCUT2D eigenvalue weighted by Gasteiger charge is 2.37. The van der Waals surface area contributed by atoms with E-state index in [1.165, 1.54) is 0 Å². The summed E-state index contributed by atoms with van der Waals surface area (Å²) in [5, 5.41) is 15.2. The van der Waals surface area contributed by atoms with Gasteiger partial charge in [-0.15, -0.1) is 0 Å². The molecule has 0 aliphatic heterocycles. The number of carbonyl (C=O) groups is 2. The van der Waals surface area contributed by atoms with Gasteiger partial charge in [-0.1, -0.05) is 62.7 Å². The number of rotatable bonds is 7. The van der Waals surface area contributed by atoms with Crippen molar-refractivity contribution in [2.75, 3.05) is 6.54 Å². The van der Waals surface area contributed by atoms with Crippen molar-refractivity contribution in [3.63, 3.8) is 0 Å². The van der Waals surface area contributed by atoms with E-state index < -0.39 is 0 Å². The third-order valence-corrected chi connectivity index (χ3v) is 6.80. The molecule has 1 unspecified atom stereocenters. The predicted octanol–water partition coefficient (Wildman–Crippen LogP) is 5.96. The number of aliphatic hydroxyl groups excluding tert-OH is 1. The number of allylic oxidation sites excluding steroid dienone is 2. The molecule has 2 aromatic rings. The Morgan fingerprint density at radius 3 is 2.65 bits per heavy atom. The molecule has 6 heteroatoms. The molecule has 34 heavy (non-hydrogen) atoms. The molecule has 0 saturated heterocycles. The molecule has 1 fully saturated rings. The second kappa shape index (κ2) is 10.1. The summed E-state index contributed by atoms with van der Waals surface area (Å²) in [7, 11) is 0. The number of nitrogens with zero attached hydrogens (tertiary/aromatic N) is 2. The summed E-state index contributed by atoms with van der Waals surface area (Å²) in [6.07, 6.45) is 4.62. The summed E-state index contributed by atoms with van der Waals surface area (Å²) < 4.78 is 5.48. The topological polar surface area (TPSA) is 92.8 Å². The average molecular weight is 463 g/mol. The van der Waals surface area contributed by atoms with E-state index in [1.54, 1.807) is 0 Å². The molecule has 2 aliphatic carbocycles. The highest BCUT2D eigenvalue weighted by atomic mass is 16.5. The fourth-order valence-electron chi connectivity index (χ4n) is 5.05. The van der Waals surface area contributed by atoms with Crippen LogP contribution in [0, 0.1) is 5.41 Å². The lowest BCUT2D eigenvalue weighted by Gasteiger charge is -2.27. The van der Waals surface area contributed by atoms with Crippen LogP contribution in [0.15, 0.2) is 51.2 Å². The van der Waals surface area contributed by atoms with Crippen LogP contribution in [-0.4, -0.2) is 34.1 Å². The molecule has 2 aliphatic rings. The first kappa shape index (κ1) is 24.1. The summed E-state index contributed by atoms with van der Waals surface area (Å²) in [5.41, 5.74) is 3.15. The van der Waals surface area contributed by atoms with Gasteiger partial charge in [-0.25, -0.2) is 0 Å². The Morgan fingerprint density at radius 2 is 1.91 bits per heavy atom. The Balaban J connectivity index is 1.56. The number of hydrogen-bond donors (Lipinski definition) is 1. The third-order valence-electron chi connectivity index (χ3n) is 6.80. The summed E-state index contributed by atoms with van der Waals surface area (Å²) in [4.78, 5) is 30.6. The van der Waals surface area contributed by atoms with Crippen LogP contribution in [0.1, 0.15) is 92.6 Å². The molecule has 1 N–H and O–H groups in total. The fraction of sp³-hybridized carbons (Fsp3) is 0.500. The van der Waals surface area contributed by atoms with E-state index in [0.29, 0.717) is 67.0 Å². The van der Waals surface area contributed by atoms with Gasteiger partial charge in [-0.05, 0) is 29.7 Å². The Hall–Kier alpha value is -3.02. The zero-order valence-corrected chi connectivity index (χ0v) is 20.4. The first-order chi connectivity index (χ1) is 16.3. The Kier molecular flexibility index (Phi) is 7.15. The molecular formula is C28H34N2O4. The van der Waals surface area contributed by atoms with Gasteiger partial charge in [0, 0.05) is 44.4 Å². The number of Topliss-reactive ketones (excluding diaryl/α,β-unsaturated/α-hetero) is 2. The molecule has 0 radical (unpaired) electrons. The van der Waals surface area contributed by atoms with Crippen molar-refractivity contribution in [2.45, 2.75) is 78.1 Å². The normalized spacial score (nSPS) is 22.7. The maximum Gasteiger partial charge on any atom is 0.168 e. The van der Waals surface area contributed by atoms with E-state index in [0.717, 1.165) is 18.4 Å². The number of carbonyl (C=O) groups excluding carboxylic acids is 2. The minimum atomic E-state index is -0.140. The molecule has 0 amide bonds. The molecule has 1 aromatic heterocycles. The molecule has 4 rings (SSSR count). The zero-order valence-electron chi connectivity index (χ0n) is 20.4. The zero-order chi connectivity index (χ0) is 24.3. The van der Waals surface area contributed by atoms with E-state index in [4.69, 9.17) is 9.52 Å². The predicted molar refractivity (Wildman–Crippen MR) is 132 cm³/mol. The van der Waals surface area contributed by atoms with Gasteiger partial charge in [0.1, 0.15) is 11.5 Å². The molecule has 1 saturated carbocycles. The maximum absolute atomic E-state index is 13.2.